The predicted octanol–water partition coefficient (Wildman–Crippen LogP) is 3.50. The Labute approximate surface area is 125 Å². The lowest BCUT2D eigenvalue weighted by Gasteiger charge is -2.12. The van der Waals surface area contributed by atoms with E-state index in [0.29, 0.717) is 5.92 Å². The van der Waals surface area contributed by atoms with Crippen molar-refractivity contribution in [1.29, 1.82) is 0 Å². The molecule has 3 nitrogen and oxygen atoms in total. The Bertz CT molecular complexity index is 785. The fourth-order valence-corrected chi connectivity index (χ4v) is 3.39. The molecule has 110 valence electrons. The number of hydrogen-bond donors (Lipinski definition) is 1. The summed E-state index contributed by atoms with van der Waals surface area (Å²) in [5.41, 5.74) is 5.79. The van der Waals surface area contributed by atoms with Crippen molar-refractivity contribution in [3.8, 4) is 11.1 Å². The van der Waals surface area contributed by atoms with E-state index < -0.39 is 10.0 Å². The summed E-state index contributed by atoms with van der Waals surface area (Å²) in [6.45, 7) is 4.15. The number of hydrogen-bond acceptors (Lipinski definition) is 2. The van der Waals surface area contributed by atoms with Crippen LogP contribution in [0.2, 0.25) is 0 Å². The molecule has 0 aromatic heterocycles. The first-order valence-electron chi connectivity index (χ1n) is 7.10. The molecular formula is C17H19NO2S. The highest BCUT2D eigenvalue weighted by Crippen LogP contribution is 2.45. The summed E-state index contributed by atoms with van der Waals surface area (Å²) in [7, 11) is -3.65. The average Bonchev–Trinajstić information content (AvgIpc) is 3.20. The molecular weight excluding hydrogens is 282 g/mol. The first-order valence-corrected chi connectivity index (χ1v) is 8.64. The normalized spacial score (nSPS) is 15.2. The van der Waals surface area contributed by atoms with Gasteiger partial charge in [-0.25, -0.2) is 13.6 Å². The van der Waals surface area contributed by atoms with Gasteiger partial charge < -0.3 is 0 Å². The van der Waals surface area contributed by atoms with E-state index in [1.165, 1.54) is 11.1 Å². The number of rotatable bonds is 3. The first kappa shape index (κ1) is 14.3. The molecule has 1 saturated carbocycles. The number of sulfonamides is 1. The summed E-state index contributed by atoms with van der Waals surface area (Å²) < 4.78 is 23.1. The van der Waals surface area contributed by atoms with Gasteiger partial charge in [0.25, 0.3) is 0 Å². The van der Waals surface area contributed by atoms with Crippen LogP contribution in [0.5, 0.6) is 0 Å². The Hall–Kier alpha value is -1.65. The molecule has 1 fully saturated rings. The van der Waals surface area contributed by atoms with Crippen LogP contribution in [0.15, 0.2) is 41.3 Å². The van der Waals surface area contributed by atoms with Gasteiger partial charge in [-0.1, -0.05) is 35.4 Å². The van der Waals surface area contributed by atoms with Gasteiger partial charge in [-0.3, -0.25) is 0 Å². The van der Waals surface area contributed by atoms with Gasteiger partial charge in [0.05, 0.1) is 4.90 Å². The van der Waals surface area contributed by atoms with Crippen LogP contribution in [0.1, 0.15) is 35.4 Å². The van der Waals surface area contributed by atoms with Gasteiger partial charge in [0, 0.05) is 0 Å². The maximum Gasteiger partial charge on any atom is 0.238 e. The van der Waals surface area contributed by atoms with Crippen molar-refractivity contribution >= 4 is 10.0 Å². The average molecular weight is 301 g/mol. The van der Waals surface area contributed by atoms with Crippen LogP contribution in [0.4, 0.5) is 0 Å². The third-order valence-corrected chi connectivity index (χ3v) is 4.81. The Balaban J connectivity index is 2.18. The monoisotopic (exact) mass is 301 g/mol. The quantitative estimate of drug-likeness (QED) is 0.943. The summed E-state index contributed by atoms with van der Waals surface area (Å²) in [5.74, 6) is 0.461. The van der Waals surface area contributed by atoms with E-state index in [2.05, 4.69) is 32.0 Å². The minimum atomic E-state index is -3.65. The van der Waals surface area contributed by atoms with Crippen molar-refractivity contribution in [2.75, 3.05) is 0 Å². The van der Waals surface area contributed by atoms with Crippen molar-refractivity contribution in [2.24, 2.45) is 5.14 Å². The fourth-order valence-electron chi connectivity index (χ4n) is 2.84. The van der Waals surface area contributed by atoms with Crippen LogP contribution in [-0.2, 0) is 10.0 Å². The van der Waals surface area contributed by atoms with E-state index in [1.807, 2.05) is 6.07 Å². The second-order valence-electron chi connectivity index (χ2n) is 5.94. The van der Waals surface area contributed by atoms with Crippen molar-refractivity contribution < 1.29 is 8.42 Å². The van der Waals surface area contributed by atoms with Gasteiger partial charge in [-0.05, 0) is 61.4 Å². The standard InChI is InChI=1S/C17H19NO2S/c1-11-7-12(2)9-14(8-11)16-6-5-15(21(18,19)20)10-17(16)13-3-4-13/h5-10,13H,3-4H2,1-2H3,(H2,18,19,20). The molecule has 0 spiro atoms. The maximum absolute atomic E-state index is 11.6. The minimum absolute atomic E-state index is 0.206. The molecule has 0 amide bonds. The van der Waals surface area contributed by atoms with Gasteiger partial charge in [0.1, 0.15) is 0 Å². The Morgan fingerprint density at radius 3 is 2.14 bits per heavy atom. The maximum atomic E-state index is 11.6. The van der Waals surface area contributed by atoms with Gasteiger partial charge in [-0.2, -0.15) is 0 Å². The van der Waals surface area contributed by atoms with E-state index >= 15 is 0 Å². The lowest BCUT2D eigenvalue weighted by Crippen LogP contribution is -2.12. The summed E-state index contributed by atoms with van der Waals surface area (Å²) in [4.78, 5) is 0.206. The first-order chi connectivity index (χ1) is 9.84. The third-order valence-electron chi connectivity index (χ3n) is 3.90. The molecule has 0 bridgehead atoms. The highest BCUT2D eigenvalue weighted by molar-refractivity contribution is 7.89. The van der Waals surface area contributed by atoms with E-state index in [4.69, 9.17) is 5.14 Å². The molecule has 2 aromatic carbocycles. The van der Waals surface area contributed by atoms with Crippen LogP contribution < -0.4 is 5.14 Å². The predicted molar refractivity (Wildman–Crippen MR) is 84.7 cm³/mol. The molecule has 0 aliphatic heterocycles. The zero-order chi connectivity index (χ0) is 15.2. The van der Waals surface area contributed by atoms with E-state index in [0.717, 1.165) is 29.5 Å². The van der Waals surface area contributed by atoms with Crippen molar-refractivity contribution in [3.63, 3.8) is 0 Å². The molecule has 2 aromatic rings. The molecule has 0 saturated heterocycles. The highest BCUT2D eigenvalue weighted by Gasteiger charge is 2.27. The van der Waals surface area contributed by atoms with Crippen LogP contribution in [-0.4, -0.2) is 8.42 Å². The van der Waals surface area contributed by atoms with Gasteiger partial charge in [0.15, 0.2) is 0 Å². The van der Waals surface area contributed by atoms with Crippen molar-refractivity contribution in [3.05, 3.63) is 53.1 Å². The number of nitrogens with two attached hydrogens (primary N) is 1. The molecule has 21 heavy (non-hydrogen) atoms. The molecule has 4 heteroatoms. The lowest BCUT2D eigenvalue weighted by molar-refractivity contribution is 0.597. The fraction of sp³-hybridized carbons (Fsp3) is 0.294. The number of aryl methyl sites for hydroxylation is 2. The van der Waals surface area contributed by atoms with Crippen molar-refractivity contribution in [1.82, 2.24) is 0 Å². The largest absolute Gasteiger partial charge is 0.238 e. The van der Waals surface area contributed by atoms with E-state index in [9.17, 15) is 8.42 Å². The van der Waals surface area contributed by atoms with Crippen molar-refractivity contribution in [2.45, 2.75) is 37.5 Å². The lowest BCUT2D eigenvalue weighted by atomic mass is 9.94. The van der Waals surface area contributed by atoms with Gasteiger partial charge >= 0.3 is 0 Å². The van der Waals surface area contributed by atoms with Crippen LogP contribution >= 0.6 is 0 Å². The zero-order valence-corrected chi connectivity index (χ0v) is 13.1. The molecule has 0 atom stereocenters. The molecule has 3 rings (SSSR count). The van der Waals surface area contributed by atoms with E-state index in [1.54, 1.807) is 12.1 Å². The zero-order valence-electron chi connectivity index (χ0n) is 12.3. The molecule has 0 heterocycles. The summed E-state index contributed by atoms with van der Waals surface area (Å²) in [6, 6.07) is 11.7. The Morgan fingerprint density at radius 2 is 1.62 bits per heavy atom. The SMILES string of the molecule is Cc1cc(C)cc(-c2ccc(S(N)(=O)=O)cc2C2CC2)c1. The molecule has 0 radical (unpaired) electrons. The molecule has 1 aliphatic rings. The molecule has 1 aliphatic carbocycles. The Morgan fingerprint density at radius 1 is 1.00 bits per heavy atom. The minimum Gasteiger partial charge on any atom is -0.225 e. The third kappa shape index (κ3) is 3.01. The summed E-state index contributed by atoms with van der Waals surface area (Å²) in [6.07, 6.45) is 2.23. The topological polar surface area (TPSA) is 60.2 Å². The summed E-state index contributed by atoms with van der Waals surface area (Å²) in [5, 5.41) is 5.26. The van der Waals surface area contributed by atoms with Gasteiger partial charge in [-0.15, -0.1) is 0 Å². The number of benzene rings is 2. The molecule has 0 unspecified atom stereocenters. The number of primary sulfonamides is 1. The highest BCUT2D eigenvalue weighted by atomic mass is 32.2. The summed E-state index contributed by atoms with van der Waals surface area (Å²) >= 11 is 0. The van der Waals surface area contributed by atoms with Gasteiger partial charge in [0.2, 0.25) is 10.0 Å². The smallest absolute Gasteiger partial charge is 0.225 e. The molecule has 2 N–H and O–H groups in total. The second kappa shape index (κ2) is 4.97. The van der Waals surface area contributed by atoms with Crippen LogP contribution in [0.3, 0.4) is 0 Å². The van der Waals surface area contributed by atoms with Crippen LogP contribution in [0.25, 0.3) is 11.1 Å². The Kier molecular flexibility index (Phi) is 3.38. The van der Waals surface area contributed by atoms with Crippen LogP contribution in [0, 0.1) is 13.8 Å². The van der Waals surface area contributed by atoms with E-state index in [-0.39, 0.29) is 4.90 Å². The second-order valence-corrected chi connectivity index (χ2v) is 7.51.